The van der Waals surface area contributed by atoms with E-state index in [1.807, 2.05) is 31.2 Å². The number of hydrogen-bond donors (Lipinski definition) is 3. The van der Waals surface area contributed by atoms with Gasteiger partial charge in [0.2, 0.25) is 5.96 Å². The second-order valence-electron chi connectivity index (χ2n) is 5.10. The first-order valence-corrected chi connectivity index (χ1v) is 7.59. The number of nitrogens with two attached hydrogens (primary N) is 3. The lowest BCUT2D eigenvalue weighted by Crippen LogP contribution is -2.26. The van der Waals surface area contributed by atoms with Crippen LogP contribution in [0.2, 0.25) is 0 Å². The third kappa shape index (κ3) is 3.83. The first-order chi connectivity index (χ1) is 12.0. The summed E-state index contributed by atoms with van der Waals surface area (Å²) in [6.07, 6.45) is 0. The van der Waals surface area contributed by atoms with E-state index >= 15 is 0 Å². The van der Waals surface area contributed by atoms with E-state index in [1.165, 1.54) is 0 Å². The third-order valence-corrected chi connectivity index (χ3v) is 3.23. The van der Waals surface area contributed by atoms with Crippen LogP contribution in [-0.2, 0) is 0 Å². The Morgan fingerprint density at radius 2 is 1.76 bits per heavy atom. The number of aliphatic imine (C=N–C) groups is 2. The summed E-state index contributed by atoms with van der Waals surface area (Å²) in [7, 11) is 0. The van der Waals surface area contributed by atoms with E-state index in [9.17, 15) is 0 Å². The van der Waals surface area contributed by atoms with Crippen molar-refractivity contribution in [3.05, 3.63) is 42.5 Å². The van der Waals surface area contributed by atoms with Gasteiger partial charge >= 0.3 is 0 Å². The minimum atomic E-state index is -0.149. The minimum Gasteiger partial charge on any atom is -0.494 e. The Morgan fingerprint density at radius 1 is 1.04 bits per heavy atom. The first kappa shape index (κ1) is 16.2. The maximum atomic E-state index is 5.64. The van der Waals surface area contributed by atoms with Crippen LogP contribution >= 0.6 is 0 Å². The molecule has 6 N–H and O–H groups in total. The average molecular weight is 338 g/mol. The van der Waals surface area contributed by atoms with Gasteiger partial charge in [-0.1, -0.05) is 0 Å². The molecule has 0 saturated heterocycles. The highest BCUT2D eigenvalue weighted by Crippen LogP contribution is 2.20. The van der Waals surface area contributed by atoms with Crippen molar-refractivity contribution in [2.75, 3.05) is 6.61 Å². The monoisotopic (exact) mass is 338 g/mol. The molecule has 0 spiro atoms. The molecule has 3 aromatic rings. The van der Waals surface area contributed by atoms with E-state index in [4.69, 9.17) is 21.9 Å². The Balaban J connectivity index is 1.91. The fraction of sp³-hybridized carbons (Fsp3) is 0.125. The number of benzene rings is 2. The molecule has 9 heteroatoms. The number of guanidine groups is 2. The van der Waals surface area contributed by atoms with Gasteiger partial charge in [0.25, 0.3) is 0 Å². The molecule has 0 aliphatic rings. The van der Waals surface area contributed by atoms with Gasteiger partial charge in [0.1, 0.15) is 16.8 Å². The molecule has 3 rings (SSSR count). The van der Waals surface area contributed by atoms with Crippen molar-refractivity contribution >= 4 is 28.6 Å². The molecule has 1 heterocycles. The summed E-state index contributed by atoms with van der Waals surface area (Å²) >= 11 is 0. The molecule has 2 aromatic carbocycles. The molecule has 0 aliphatic heterocycles. The molecule has 25 heavy (non-hydrogen) atoms. The maximum absolute atomic E-state index is 5.64. The zero-order valence-corrected chi connectivity index (χ0v) is 13.6. The zero-order valence-electron chi connectivity index (χ0n) is 13.6. The van der Waals surface area contributed by atoms with Crippen molar-refractivity contribution in [2.45, 2.75) is 6.92 Å². The molecule has 0 bridgehead atoms. The van der Waals surface area contributed by atoms with Crippen LogP contribution in [0.3, 0.4) is 0 Å². The Labute approximate surface area is 143 Å². The summed E-state index contributed by atoms with van der Waals surface area (Å²) in [5.41, 5.74) is 19.0. The second kappa shape index (κ2) is 6.87. The van der Waals surface area contributed by atoms with Crippen molar-refractivity contribution in [1.82, 2.24) is 15.0 Å². The molecule has 0 saturated carbocycles. The molecular formula is C16H18N8O. The third-order valence-electron chi connectivity index (χ3n) is 3.23. The molecule has 1 aromatic heterocycles. The molecule has 0 amide bonds. The van der Waals surface area contributed by atoms with Crippen molar-refractivity contribution in [1.29, 1.82) is 0 Å². The predicted molar refractivity (Wildman–Crippen MR) is 97.1 cm³/mol. The smallest absolute Gasteiger partial charge is 0.223 e. The summed E-state index contributed by atoms with van der Waals surface area (Å²) in [5, 5.41) is 8.90. The minimum absolute atomic E-state index is 0.0294. The van der Waals surface area contributed by atoms with Crippen LogP contribution in [0.5, 0.6) is 5.75 Å². The quantitative estimate of drug-likeness (QED) is 0.479. The van der Waals surface area contributed by atoms with Crippen molar-refractivity contribution in [3.8, 4) is 11.4 Å². The van der Waals surface area contributed by atoms with Gasteiger partial charge in [-0.15, -0.1) is 10.2 Å². The largest absolute Gasteiger partial charge is 0.494 e. The lowest BCUT2D eigenvalue weighted by Gasteiger charge is -2.03. The van der Waals surface area contributed by atoms with E-state index in [0.717, 1.165) is 17.0 Å². The van der Waals surface area contributed by atoms with E-state index in [2.05, 4.69) is 20.2 Å². The first-order valence-electron chi connectivity index (χ1n) is 7.59. The number of fused-ring (bicyclic) bond motifs is 1. The summed E-state index contributed by atoms with van der Waals surface area (Å²) in [5.74, 6) is 0.622. The number of aromatic nitrogens is 3. The zero-order chi connectivity index (χ0) is 17.8. The Kier molecular flexibility index (Phi) is 4.46. The molecule has 0 atom stereocenters. The van der Waals surface area contributed by atoms with Crippen LogP contribution in [0.15, 0.2) is 52.4 Å². The topological polar surface area (TPSA) is 143 Å². The highest BCUT2D eigenvalue weighted by molar-refractivity contribution is 5.94. The van der Waals surface area contributed by atoms with E-state index < -0.39 is 0 Å². The predicted octanol–water partition coefficient (Wildman–Crippen LogP) is 1.04. The van der Waals surface area contributed by atoms with Gasteiger partial charge in [-0.3, -0.25) is 0 Å². The van der Waals surface area contributed by atoms with Crippen LogP contribution in [0.25, 0.3) is 16.7 Å². The van der Waals surface area contributed by atoms with Crippen LogP contribution < -0.4 is 21.9 Å². The number of rotatable bonds is 4. The highest BCUT2D eigenvalue weighted by Gasteiger charge is 2.06. The summed E-state index contributed by atoms with van der Waals surface area (Å²) in [6.45, 7) is 2.56. The fourth-order valence-corrected chi connectivity index (χ4v) is 2.22. The molecule has 0 radical (unpaired) electrons. The number of ether oxygens (including phenoxy) is 1. The van der Waals surface area contributed by atoms with Crippen molar-refractivity contribution in [3.63, 3.8) is 0 Å². The summed E-state index contributed by atoms with van der Waals surface area (Å²) < 4.78 is 5.43. The van der Waals surface area contributed by atoms with Crippen LogP contribution in [0.4, 0.5) is 5.69 Å². The van der Waals surface area contributed by atoms with E-state index in [0.29, 0.717) is 17.8 Å². The SMILES string of the molecule is CCOc1ccc(-n2nc3ccc(N=C(N)N=C(N)N)cc3n2)cc1. The Hall–Kier alpha value is -3.62. The number of hydrogen-bond acceptors (Lipinski definition) is 4. The lowest BCUT2D eigenvalue weighted by atomic mass is 10.3. The Morgan fingerprint density at radius 3 is 2.44 bits per heavy atom. The van der Waals surface area contributed by atoms with Gasteiger partial charge in [-0.2, -0.15) is 9.79 Å². The van der Waals surface area contributed by atoms with Crippen LogP contribution in [0.1, 0.15) is 6.92 Å². The van der Waals surface area contributed by atoms with Crippen LogP contribution in [-0.4, -0.2) is 33.5 Å². The van der Waals surface area contributed by atoms with Gasteiger partial charge in [0, 0.05) is 0 Å². The molecule has 9 nitrogen and oxygen atoms in total. The molecular weight excluding hydrogens is 320 g/mol. The molecule has 0 fully saturated rings. The van der Waals surface area contributed by atoms with Gasteiger partial charge in [-0.25, -0.2) is 4.99 Å². The lowest BCUT2D eigenvalue weighted by molar-refractivity contribution is 0.340. The summed E-state index contributed by atoms with van der Waals surface area (Å²) in [4.78, 5) is 9.34. The molecule has 0 unspecified atom stereocenters. The van der Waals surface area contributed by atoms with E-state index in [-0.39, 0.29) is 11.9 Å². The Bertz CT molecular complexity index is 938. The maximum Gasteiger partial charge on any atom is 0.223 e. The normalized spacial score (nSPS) is 11.5. The second-order valence-corrected chi connectivity index (χ2v) is 5.10. The van der Waals surface area contributed by atoms with Gasteiger partial charge in [0.05, 0.1) is 18.0 Å². The standard InChI is InChI=1S/C16H18N8O/c1-2-25-12-6-4-11(5-7-12)24-22-13-8-3-10(9-14(13)23-24)20-16(19)21-15(17)18/h3-9H,2H2,1H3,(H6,17,18,19,20,21). The molecule has 0 aliphatic carbocycles. The van der Waals surface area contributed by atoms with E-state index in [1.54, 1.807) is 23.0 Å². The van der Waals surface area contributed by atoms with Gasteiger partial charge < -0.3 is 21.9 Å². The fourth-order valence-electron chi connectivity index (χ4n) is 2.22. The van der Waals surface area contributed by atoms with Gasteiger partial charge in [0.15, 0.2) is 5.96 Å². The van der Waals surface area contributed by atoms with Gasteiger partial charge in [-0.05, 0) is 49.4 Å². The average Bonchev–Trinajstić information content (AvgIpc) is 2.98. The van der Waals surface area contributed by atoms with Crippen molar-refractivity contribution < 1.29 is 4.74 Å². The summed E-state index contributed by atoms with van der Waals surface area (Å²) in [6, 6.07) is 12.8. The van der Waals surface area contributed by atoms with Crippen molar-refractivity contribution in [2.24, 2.45) is 27.2 Å². The van der Waals surface area contributed by atoms with Crippen LogP contribution in [0, 0.1) is 0 Å². The highest BCUT2D eigenvalue weighted by atomic mass is 16.5. The number of nitrogens with zero attached hydrogens (tertiary/aromatic N) is 5. The molecule has 128 valence electrons.